The summed E-state index contributed by atoms with van der Waals surface area (Å²) in [5.74, 6) is 0. The smallest absolute Gasteiger partial charge is 0 e. The maximum absolute atomic E-state index is 6.94. The summed E-state index contributed by atoms with van der Waals surface area (Å²) in [5, 5.41) is 2.65. The number of fused-ring (bicyclic) bond motifs is 1. The van der Waals surface area contributed by atoms with Gasteiger partial charge in [0.05, 0.1) is 0 Å². The van der Waals surface area contributed by atoms with Gasteiger partial charge in [-0.15, -0.1) is 52.2 Å². The van der Waals surface area contributed by atoms with Crippen LogP contribution < -0.4 is 0 Å². The Morgan fingerprint density at radius 2 is 1.31 bits per heavy atom. The van der Waals surface area contributed by atoms with Gasteiger partial charge in [-0.25, -0.2) is 0 Å². The molecule has 0 aromatic heterocycles. The standard InChI is InChI=1S/C15H11.C4H10N.2CH3.2ClH.Si.Ti/c1-2-6-12(7-3-1)15-11-10-13-8-4-5-9-14(13)15;1-4(2,3)5;;;;;;/h1-11H;5H,1-3H3;2*1H3;2*1H;;/q4*-1;;;;+6/p-2. The number of hydrogen-bond donors (Lipinski definition) is 0. The molecule has 0 fully saturated rings. The van der Waals surface area contributed by atoms with E-state index in [1.54, 1.807) is 0 Å². The van der Waals surface area contributed by atoms with Crippen molar-refractivity contribution in [1.82, 2.24) is 0 Å². The van der Waals surface area contributed by atoms with Crippen molar-refractivity contribution < 1.29 is 17.0 Å². The van der Waals surface area contributed by atoms with Crippen molar-refractivity contribution in [2.75, 3.05) is 0 Å². The maximum atomic E-state index is 6.94. The average molecular weight is 440 g/mol. The molecule has 1 N–H and O–H groups in total. The van der Waals surface area contributed by atoms with Crippen LogP contribution in [0.15, 0.2) is 66.7 Å². The molecule has 3 aromatic rings. The van der Waals surface area contributed by atoms with Crippen LogP contribution in [0.4, 0.5) is 0 Å². The summed E-state index contributed by atoms with van der Waals surface area (Å²) < 4.78 is 0. The van der Waals surface area contributed by atoms with Crippen LogP contribution in [0, 0.1) is 14.9 Å². The summed E-state index contributed by atoms with van der Waals surface area (Å²) in [6.45, 7) is 5.56. The Kier molecular flexibility index (Phi) is 18.1. The van der Waals surface area contributed by atoms with Crippen molar-refractivity contribution in [2.24, 2.45) is 0 Å². The SMILES string of the molecule is CC(C)(C)[NH-].[CH3-].[CH3-].[Cl][Ti+4][Cl].[Si].c1ccc(-c2c[cH-]c3ccccc23)cc1. The molecule has 3 rings (SSSR count). The van der Waals surface area contributed by atoms with Gasteiger partial charge in [-0.1, -0.05) is 62.7 Å². The summed E-state index contributed by atoms with van der Waals surface area (Å²) >= 11 is -0.556. The zero-order chi connectivity index (χ0) is 17.3. The first-order valence-corrected chi connectivity index (χ1v) is 11.6. The Bertz CT molecular complexity index is 688. The molecule has 26 heavy (non-hydrogen) atoms. The molecule has 0 bridgehead atoms. The summed E-state index contributed by atoms with van der Waals surface area (Å²) in [6.07, 6.45) is 0. The Labute approximate surface area is 181 Å². The van der Waals surface area contributed by atoms with Crippen molar-refractivity contribution in [3.8, 4) is 11.1 Å². The van der Waals surface area contributed by atoms with Crippen molar-refractivity contribution in [1.29, 1.82) is 0 Å². The first kappa shape index (κ1) is 30.3. The zero-order valence-corrected chi connectivity index (χ0v) is 20.2. The molecule has 0 atom stereocenters. The van der Waals surface area contributed by atoms with Gasteiger partial charge < -0.3 is 20.6 Å². The van der Waals surface area contributed by atoms with Crippen LogP contribution in [0.5, 0.6) is 0 Å². The number of benzene rings is 2. The topological polar surface area (TPSA) is 23.8 Å². The Balaban J connectivity index is -0.000000419. The minimum atomic E-state index is -0.556. The van der Waals surface area contributed by atoms with Gasteiger partial charge in [0.25, 0.3) is 0 Å². The van der Waals surface area contributed by atoms with Crippen LogP contribution in [0.3, 0.4) is 0 Å². The first-order chi connectivity index (χ1) is 10.9. The molecule has 0 aliphatic heterocycles. The van der Waals surface area contributed by atoms with E-state index in [9.17, 15) is 0 Å². The Hall–Kier alpha value is -0.479. The predicted octanol–water partition coefficient (Wildman–Crippen LogP) is 7.96. The van der Waals surface area contributed by atoms with Gasteiger partial charge in [-0.3, -0.25) is 0 Å². The molecule has 1 nitrogen and oxygen atoms in total. The molecule has 0 saturated carbocycles. The predicted molar refractivity (Wildman–Crippen MR) is 119 cm³/mol. The van der Waals surface area contributed by atoms with Crippen molar-refractivity contribution in [3.05, 3.63) is 87.3 Å². The number of rotatable bonds is 1. The molecule has 0 unspecified atom stereocenters. The summed E-state index contributed by atoms with van der Waals surface area (Å²) in [6, 6.07) is 23.4. The molecule has 5 heteroatoms. The first-order valence-electron chi connectivity index (χ1n) is 7.28. The van der Waals surface area contributed by atoms with Crippen LogP contribution in [0.1, 0.15) is 20.8 Å². The molecule has 3 aromatic carbocycles. The second kappa shape index (κ2) is 15.6. The normalized spacial score (nSPS) is 9.31. The molecular weight excluding hydrogens is 413 g/mol. The van der Waals surface area contributed by atoms with Crippen molar-refractivity contribution in [3.63, 3.8) is 0 Å². The number of halogens is 2. The van der Waals surface area contributed by atoms with Crippen molar-refractivity contribution >= 4 is 40.3 Å². The van der Waals surface area contributed by atoms with Gasteiger partial charge in [-0.05, 0) is 0 Å². The minimum absolute atomic E-state index is 0. The fourth-order valence-corrected chi connectivity index (χ4v) is 2.02. The van der Waals surface area contributed by atoms with Gasteiger partial charge >= 0.3 is 35.6 Å². The van der Waals surface area contributed by atoms with Gasteiger partial charge in [-0.2, -0.15) is 0 Å². The molecule has 0 amide bonds. The van der Waals surface area contributed by atoms with Gasteiger partial charge in [0.1, 0.15) is 0 Å². The van der Waals surface area contributed by atoms with E-state index in [1.807, 2.05) is 20.8 Å². The van der Waals surface area contributed by atoms with Crippen LogP contribution in [0.25, 0.3) is 27.6 Å². The Morgan fingerprint density at radius 3 is 1.81 bits per heavy atom. The quantitative estimate of drug-likeness (QED) is 0.271. The molecule has 0 aliphatic carbocycles. The minimum Gasteiger partial charge on any atom is -0.150 e. The molecule has 0 aliphatic rings. The molecule has 0 saturated heterocycles. The van der Waals surface area contributed by atoms with Gasteiger partial charge in [0.2, 0.25) is 0 Å². The van der Waals surface area contributed by atoms with Gasteiger partial charge in [0.15, 0.2) is 0 Å². The molecular formula is C21H27Cl2NSiTi. The molecule has 0 heterocycles. The molecule has 138 valence electrons. The second-order valence-corrected chi connectivity index (χ2v) is 8.60. The fraction of sp³-hybridized carbons (Fsp3) is 0.190. The average Bonchev–Trinajstić information content (AvgIpc) is 2.91. The summed E-state index contributed by atoms with van der Waals surface area (Å²) in [4.78, 5) is 0. The molecule has 0 spiro atoms. The maximum Gasteiger partial charge on any atom is 0 e. The van der Waals surface area contributed by atoms with E-state index in [-0.39, 0.29) is 31.4 Å². The monoisotopic (exact) mass is 439 g/mol. The number of nitrogens with one attached hydrogen (secondary N) is 1. The largest absolute Gasteiger partial charge is 0.150 e. The third-order valence-corrected chi connectivity index (χ3v) is 2.77. The van der Waals surface area contributed by atoms with E-state index in [2.05, 4.69) is 66.7 Å². The van der Waals surface area contributed by atoms with Gasteiger partial charge in [0, 0.05) is 11.0 Å². The van der Waals surface area contributed by atoms with Crippen LogP contribution in [0.2, 0.25) is 0 Å². The summed E-state index contributed by atoms with van der Waals surface area (Å²) in [5.41, 5.74) is 9.30. The van der Waals surface area contributed by atoms with E-state index in [4.69, 9.17) is 24.3 Å². The van der Waals surface area contributed by atoms with Crippen LogP contribution >= 0.6 is 18.6 Å². The fourth-order valence-electron chi connectivity index (χ4n) is 2.02. The number of hydrogen-bond acceptors (Lipinski definition) is 0. The Morgan fingerprint density at radius 1 is 0.885 bits per heavy atom. The van der Waals surface area contributed by atoms with E-state index < -0.39 is 17.0 Å². The van der Waals surface area contributed by atoms with E-state index >= 15 is 0 Å². The van der Waals surface area contributed by atoms with E-state index in [0.717, 1.165) is 0 Å². The van der Waals surface area contributed by atoms with Crippen LogP contribution in [-0.4, -0.2) is 16.5 Å². The van der Waals surface area contributed by atoms with Crippen LogP contribution in [-0.2, 0) is 17.0 Å². The third-order valence-electron chi connectivity index (χ3n) is 2.77. The zero-order valence-electron chi connectivity index (χ0n) is 16.1. The van der Waals surface area contributed by atoms with Crippen molar-refractivity contribution in [2.45, 2.75) is 26.3 Å². The summed E-state index contributed by atoms with van der Waals surface area (Å²) in [7, 11) is 9.78. The van der Waals surface area contributed by atoms with E-state index in [1.165, 1.54) is 21.9 Å². The molecule has 4 radical (unpaired) electrons. The second-order valence-electron chi connectivity index (χ2n) is 6.02. The third kappa shape index (κ3) is 12.0. The van der Waals surface area contributed by atoms with E-state index in [0.29, 0.717) is 0 Å².